The molecule has 21 heavy (non-hydrogen) atoms. The van der Waals surface area contributed by atoms with Gasteiger partial charge >= 0.3 is 6.18 Å². The first-order valence-electron chi connectivity index (χ1n) is 5.51. The second-order valence-electron chi connectivity index (χ2n) is 4.13. The van der Waals surface area contributed by atoms with Gasteiger partial charge in [-0.05, 0) is 25.1 Å². The van der Waals surface area contributed by atoms with Gasteiger partial charge < -0.3 is 4.98 Å². The van der Waals surface area contributed by atoms with Gasteiger partial charge in [0.25, 0.3) is 10.0 Å². The van der Waals surface area contributed by atoms with Crippen molar-refractivity contribution in [3.8, 4) is 0 Å². The number of hydrogen-bond donors (Lipinski definition) is 2. The first kappa shape index (κ1) is 15.6. The number of anilines is 1. The molecule has 10 heteroatoms. The summed E-state index contributed by atoms with van der Waals surface area (Å²) >= 11 is 5.52. The molecule has 0 saturated heterocycles. The highest BCUT2D eigenvalue weighted by Crippen LogP contribution is 2.37. The van der Waals surface area contributed by atoms with Gasteiger partial charge in [0.1, 0.15) is 5.82 Å². The molecule has 0 aliphatic rings. The van der Waals surface area contributed by atoms with E-state index < -0.39 is 27.5 Å². The van der Waals surface area contributed by atoms with E-state index in [9.17, 15) is 21.6 Å². The van der Waals surface area contributed by atoms with Crippen molar-refractivity contribution in [3.63, 3.8) is 0 Å². The lowest BCUT2D eigenvalue weighted by Crippen LogP contribution is -2.17. The lowest BCUT2D eigenvalue weighted by Gasteiger charge is -2.14. The molecule has 0 unspecified atom stereocenters. The Labute approximate surface area is 123 Å². The molecule has 2 rings (SSSR count). The average molecular weight is 340 g/mol. The summed E-state index contributed by atoms with van der Waals surface area (Å²) in [6, 6.07) is 2.76. The molecule has 0 radical (unpaired) electrons. The molecule has 114 valence electrons. The summed E-state index contributed by atoms with van der Waals surface area (Å²) in [5, 5.41) is -0.481. The molecule has 2 N–H and O–H groups in total. The fourth-order valence-electron chi connectivity index (χ4n) is 1.57. The Kier molecular flexibility index (Phi) is 3.89. The summed E-state index contributed by atoms with van der Waals surface area (Å²) < 4.78 is 64.6. The number of rotatable bonds is 3. The number of imidazole rings is 1. The van der Waals surface area contributed by atoms with Crippen molar-refractivity contribution in [3.05, 3.63) is 40.8 Å². The van der Waals surface area contributed by atoms with Crippen molar-refractivity contribution in [2.75, 3.05) is 4.72 Å². The van der Waals surface area contributed by atoms with Gasteiger partial charge in [-0.25, -0.2) is 4.98 Å². The number of sulfonamides is 1. The van der Waals surface area contributed by atoms with Gasteiger partial charge in [-0.1, -0.05) is 11.6 Å². The van der Waals surface area contributed by atoms with Crippen LogP contribution < -0.4 is 4.72 Å². The smallest absolute Gasteiger partial charge is 0.332 e. The van der Waals surface area contributed by atoms with Gasteiger partial charge in [-0.2, -0.15) is 21.6 Å². The van der Waals surface area contributed by atoms with E-state index in [0.29, 0.717) is 11.9 Å². The highest BCUT2D eigenvalue weighted by atomic mass is 35.5. The van der Waals surface area contributed by atoms with E-state index in [2.05, 4.69) is 9.97 Å². The van der Waals surface area contributed by atoms with Crippen LogP contribution in [0.1, 0.15) is 11.4 Å². The van der Waals surface area contributed by atoms with Crippen LogP contribution in [0.25, 0.3) is 0 Å². The first-order valence-corrected chi connectivity index (χ1v) is 7.37. The third kappa shape index (κ3) is 3.48. The quantitative estimate of drug-likeness (QED) is 0.901. The Balaban J connectivity index is 2.45. The van der Waals surface area contributed by atoms with Crippen molar-refractivity contribution in [1.29, 1.82) is 0 Å². The average Bonchev–Trinajstić information content (AvgIpc) is 2.77. The number of aromatic nitrogens is 2. The minimum atomic E-state index is -4.74. The van der Waals surface area contributed by atoms with E-state index in [1.54, 1.807) is 0 Å². The predicted octanol–water partition coefficient (Wildman–Crippen LogP) is 3.19. The van der Waals surface area contributed by atoms with Gasteiger partial charge in [0.2, 0.25) is 0 Å². The van der Waals surface area contributed by atoms with Crippen molar-refractivity contribution >= 4 is 27.3 Å². The van der Waals surface area contributed by atoms with Crippen LogP contribution in [0, 0.1) is 6.92 Å². The molecule has 0 amide bonds. The van der Waals surface area contributed by atoms with Gasteiger partial charge in [-0.15, -0.1) is 0 Å². The number of nitrogens with zero attached hydrogens (tertiary/aromatic N) is 1. The number of H-pyrrole nitrogens is 1. The zero-order valence-corrected chi connectivity index (χ0v) is 12.1. The second-order valence-corrected chi connectivity index (χ2v) is 6.21. The van der Waals surface area contributed by atoms with Crippen molar-refractivity contribution in [2.24, 2.45) is 0 Å². The standard InChI is InChI=1S/C11H9ClF3N3O2S/c1-6-16-5-10(17-6)21(19,20)18-9-3-2-7(12)4-8(9)11(13,14)15/h2-5,18H,1H3,(H,16,17). The van der Waals surface area contributed by atoms with Crippen molar-refractivity contribution in [2.45, 2.75) is 18.1 Å². The fraction of sp³-hybridized carbons (Fsp3) is 0.182. The summed E-state index contributed by atoms with van der Waals surface area (Å²) in [6.07, 6.45) is -3.73. The van der Waals surface area contributed by atoms with Crippen LogP contribution in [0.15, 0.2) is 29.4 Å². The molecular formula is C11H9ClF3N3O2S. The molecule has 1 heterocycles. The Morgan fingerprint density at radius 1 is 1.33 bits per heavy atom. The molecule has 5 nitrogen and oxygen atoms in total. The van der Waals surface area contributed by atoms with E-state index >= 15 is 0 Å². The van der Waals surface area contributed by atoms with Crippen LogP contribution in [-0.4, -0.2) is 18.4 Å². The maximum Gasteiger partial charge on any atom is 0.418 e. The summed E-state index contributed by atoms with van der Waals surface area (Å²) in [6.45, 7) is 1.52. The first-order chi connectivity index (χ1) is 9.59. The number of hydrogen-bond acceptors (Lipinski definition) is 3. The normalized spacial score (nSPS) is 12.4. The van der Waals surface area contributed by atoms with Crippen LogP contribution >= 0.6 is 11.6 Å². The van der Waals surface area contributed by atoms with Gasteiger partial charge in [-0.3, -0.25) is 4.72 Å². The zero-order chi connectivity index (χ0) is 15.8. The lowest BCUT2D eigenvalue weighted by atomic mass is 10.2. The summed E-state index contributed by atoms with van der Waals surface area (Å²) in [7, 11) is -4.20. The van der Waals surface area contributed by atoms with E-state index in [1.165, 1.54) is 6.92 Å². The number of nitrogens with one attached hydrogen (secondary N) is 2. The minimum Gasteiger partial charge on any atom is -0.332 e. The zero-order valence-electron chi connectivity index (χ0n) is 10.5. The summed E-state index contributed by atoms with van der Waals surface area (Å²) in [5.41, 5.74) is -1.78. The third-order valence-electron chi connectivity index (χ3n) is 2.50. The van der Waals surface area contributed by atoms with Gasteiger partial charge in [0, 0.05) is 5.02 Å². The summed E-state index contributed by atoms with van der Waals surface area (Å²) in [4.78, 5) is 6.13. The van der Waals surface area contributed by atoms with Gasteiger partial charge in [0.15, 0.2) is 5.03 Å². The van der Waals surface area contributed by atoms with E-state index in [4.69, 9.17) is 11.6 Å². The van der Waals surface area contributed by atoms with E-state index in [1.807, 2.05) is 4.72 Å². The van der Waals surface area contributed by atoms with Crippen molar-refractivity contribution in [1.82, 2.24) is 9.97 Å². The van der Waals surface area contributed by atoms with Crippen LogP contribution in [0.4, 0.5) is 18.9 Å². The van der Waals surface area contributed by atoms with E-state index in [-0.39, 0.29) is 10.0 Å². The number of benzene rings is 1. The molecule has 1 aromatic heterocycles. The number of aromatic amines is 1. The molecule has 2 aromatic rings. The number of halogens is 4. The fourth-order valence-corrected chi connectivity index (χ4v) is 2.80. The van der Waals surface area contributed by atoms with Crippen molar-refractivity contribution < 1.29 is 21.6 Å². The topological polar surface area (TPSA) is 74.8 Å². The molecule has 1 aromatic carbocycles. The van der Waals surface area contributed by atoms with Gasteiger partial charge in [0.05, 0.1) is 17.4 Å². The number of alkyl halides is 3. The Morgan fingerprint density at radius 2 is 2.00 bits per heavy atom. The molecule has 0 aliphatic carbocycles. The maximum absolute atomic E-state index is 12.9. The Morgan fingerprint density at radius 3 is 2.52 bits per heavy atom. The molecule has 0 saturated carbocycles. The van der Waals surface area contributed by atoms with Crippen LogP contribution in [0.5, 0.6) is 0 Å². The Hall–Kier alpha value is -1.74. The lowest BCUT2D eigenvalue weighted by molar-refractivity contribution is -0.136. The number of aryl methyl sites for hydroxylation is 1. The molecular weight excluding hydrogens is 331 g/mol. The third-order valence-corrected chi connectivity index (χ3v) is 4.01. The SMILES string of the molecule is Cc1ncc(S(=O)(=O)Nc2ccc(Cl)cc2C(F)(F)F)[nH]1. The van der Waals surface area contributed by atoms with Crippen LogP contribution in [0.2, 0.25) is 5.02 Å². The molecule has 0 spiro atoms. The van der Waals surface area contributed by atoms with Crippen LogP contribution in [-0.2, 0) is 16.2 Å². The largest absolute Gasteiger partial charge is 0.418 e. The molecule has 0 aliphatic heterocycles. The summed E-state index contributed by atoms with van der Waals surface area (Å²) in [5.74, 6) is 0.322. The molecule has 0 fully saturated rings. The minimum absolute atomic E-state index is 0.150. The Bertz CT molecular complexity index is 771. The monoisotopic (exact) mass is 339 g/mol. The van der Waals surface area contributed by atoms with Crippen LogP contribution in [0.3, 0.4) is 0 Å². The predicted molar refractivity (Wildman–Crippen MR) is 70.6 cm³/mol. The second kappa shape index (κ2) is 5.23. The highest BCUT2D eigenvalue weighted by molar-refractivity contribution is 7.92. The maximum atomic E-state index is 12.9. The molecule has 0 bridgehead atoms. The highest BCUT2D eigenvalue weighted by Gasteiger charge is 2.35. The molecule has 0 atom stereocenters. The van der Waals surface area contributed by atoms with E-state index in [0.717, 1.165) is 18.3 Å².